The molecule has 4 nitrogen and oxygen atoms in total. The van der Waals surface area contributed by atoms with Gasteiger partial charge in [0.25, 0.3) is 5.91 Å². The number of hydrogen-bond acceptors (Lipinski definition) is 3. The fourth-order valence-electron chi connectivity index (χ4n) is 3.20. The molecule has 0 unspecified atom stereocenters. The molecule has 1 aliphatic heterocycles. The van der Waals surface area contributed by atoms with E-state index in [1.165, 1.54) is 18.4 Å². The molecule has 3 rings (SSSR count). The molecule has 1 saturated heterocycles. The fourth-order valence-corrected chi connectivity index (χ4v) is 3.20. The highest BCUT2D eigenvalue weighted by Crippen LogP contribution is 2.29. The molecule has 0 aliphatic carbocycles. The van der Waals surface area contributed by atoms with Gasteiger partial charge in [0.1, 0.15) is 0 Å². The van der Waals surface area contributed by atoms with Crippen LogP contribution < -0.4 is 16.0 Å². The minimum atomic E-state index is -0.117. The first-order chi connectivity index (χ1) is 11.8. The van der Waals surface area contributed by atoms with Crippen molar-refractivity contribution in [3.8, 4) is 0 Å². The highest BCUT2D eigenvalue weighted by atomic mass is 16.1. The maximum absolute atomic E-state index is 12.5. The monoisotopic (exact) mass is 337 g/mol. The van der Waals surface area contributed by atoms with E-state index < -0.39 is 0 Å². The molecule has 132 valence electrons. The van der Waals surface area contributed by atoms with Gasteiger partial charge in [-0.3, -0.25) is 4.79 Å². The van der Waals surface area contributed by atoms with Crippen LogP contribution >= 0.6 is 0 Å². The summed E-state index contributed by atoms with van der Waals surface area (Å²) < 4.78 is 0. The van der Waals surface area contributed by atoms with Crippen molar-refractivity contribution >= 4 is 23.0 Å². The van der Waals surface area contributed by atoms with Gasteiger partial charge < -0.3 is 16.0 Å². The average Bonchev–Trinajstić information content (AvgIpc) is 3.08. The third-order valence-electron chi connectivity index (χ3n) is 4.75. The van der Waals surface area contributed by atoms with Crippen molar-refractivity contribution in [1.29, 1.82) is 0 Å². The second kappa shape index (κ2) is 6.79. The predicted octanol–water partition coefficient (Wildman–Crippen LogP) is 4.42. The number of nitrogens with zero attached hydrogens (tertiary/aromatic N) is 1. The first-order valence-corrected chi connectivity index (χ1v) is 8.91. The molecule has 2 aromatic carbocycles. The number of rotatable bonds is 3. The lowest BCUT2D eigenvalue weighted by Crippen LogP contribution is -2.19. The van der Waals surface area contributed by atoms with Crippen molar-refractivity contribution < 1.29 is 4.79 Å². The molecule has 0 saturated carbocycles. The lowest BCUT2D eigenvalue weighted by molar-refractivity contribution is 0.102. The molecule has 4 heteroatoms. The van der Waals surface area contributed by atoms with Gasteiger partial charge in [-0.05, 0) is 54.2 Å². The summed E-state index contributed by atoms with van der Waals surface area (Å²) in [6, 6.07) is 13.5. The zero-order valence-corrected chi connectivity index (χ0v) is 15.3. The number of carbonyl (C=O) groups is 1. The van der Waals surface area contributed by atoms with Crippen LogP contribution in [0.4, 0.5) is 17.1 Å². The predicted molar refractivity (Wildman–Crippen MR) is 105 cm³/mol. The van der Waals surface area contributed by atoms with Crippen LogP contribution in [0.3, 0.4) is 0 Å². The summed E-state index contributed by atoms with van der Waals surface area (Å²) in [5.41, 5.74) is 10.6. The van der Waals surface area contributed by atoms with E-state index in [1.807, 2.05) is 42.5 Å². The molecule has 1 aliphatic rings. The van der Waals surface area contributed by atoms with Gasteiger partial charge in [-0.2, -0.15) is 0 Å². The van der Waals surface area contributed by atoms with Gasteiger partial charge >= 0.3 is 0 Å². The van der Waals surface area contributed by atoms with Gasteiger partial charge in [0.2, 0.25) is 0 Å². The van der Waals surface area contributed by atoms with E-state index in [1.54, 1.807) is 0 Å². The third kappa shape index (κ3) is 3.95. The Morgan fingerprint density at radius 3 is 2.24 bits per heavy atom. The molecule has 0 atom stereocenters. The maximum atomic E-state index is 12.5. The van der Waals surface area contributed by atoms with E-state index in [-0.39, 0.29) is 11.3 Å². The minimum absolute atomic E-state index is 0.0782. The van der Waals surface area contributed by atoms with Crippen LogP contribution in [0, 0.1) is 0 Å². The Hall–Kier alpha value is -2.49. The van der Waals surface area contributed by atoms with Crippen LogP contribution in [0.1, 0.15) is 49.5 Å². The maximum Gasteiger partial charge on any atom is 0.255 e. The Morgan fingerprint density at radius 1 is 1.04 bits per heavy atom. The smallest absolute Gasteiger partial charge is 0.255 e. The summed E-state index contributed by atoms with van der Waals surface area (Å²) in [6.45, 7) is 8.58. The summed E-state index contributed by atoms with van der Waals surface area (Å²) in [5.74, 6) is -0.117. The summed E-state index contributed by atoms with van der Waals surface area (Å²) in [4.78, 5) is 14.8. The summed E-state index contributed by atoms with van der Waals surface area (Å²) in [6.07, 6.45) is 2.42. The summed E-state index contributed by atoms with van der Waals surface area (Å²) >= 11 is 0. The van der Waals surface area contributed by atoms with Crippen LogP contribution in [0.2, 0.25) is 0 Å². The SMILES string of the molecule is CC(C)(C)c1ccc(C(=O)Nc2ccc(N3CCCC3)c(N)c2)cc1. The van der Waals surface area contributed by atoms with Crippen LogP contribution in [0.5, 0.6) is 0 Å². The summed E-state index contributed by atoms with van der Waals surface area (Å²) in [7, 11) is 0. The van der Waals surface area contributed by atoms with Gasteiger partial charge in [-0.1, -0.05) is 32.9 Å². The molecule has 0 aromatic heterocycles. The van der Waals surface area contributed by atoms with Crippen molar-refractivity contribution in [3.63, 3.8) is 0 Å². The van der Waals surface area contributed by atoms with Gasteiger partial charge in [0, 0.05) is 24.3 Å². The molecule has 1 amide bonds. The lowest BCUT2D eigenvalue weighted by Gasteiger charge is -2.20. The first kappa shape index (κ1) is 17.3. The van der Waals surface area contributed by atoms with E-state index in [0.717, 1.165) is 24.5 Å². The zero-order chi connectivity index (χ0) is 18.0. The van der Waals surface area contributed by atoms with Gasteiger partial charge in [0.05, 0.1) is 11.4 Å². The Kier molecular flexibility index (Phi) is 4.71. The molecule has 25 heavy (non-hydrogen) atoms. The normalized spacial score (nSPS) is 14.6. The second-order valence-corrected chi connectivity index (χ2v) is 7.75. The molecule has 1 fully saturated rings. The van der Waals surface area contributed by atoms with E-state index in [4.69, 9.17) is 5.73 Å². The van der Waals surface area contributed by atoms with Gasteiger partial charge in [-0.25, -0.2) is 0 Å². The first-order valence-electron chi connectivity index (χ1n) is 8.91. The van der Waals surface area contributed by atoms with Crippen molar-refractivity contribution in [3.05, 3.63) is 53.6 Å². The Morgan fingerprint density at radius 2 is 1.68 bits per heavy atom. The van der Waals surface area contributed by atoms with Crippen molar-refractivity contribution in [2.45, 2.75) is 39.0 Å². The van der Waals surface area contributed by atoms with Crippen LogP contribution in [0.25, 0.3) is 0 Å². The van der Waals surface area contributed by atoms with Crippen molar-refractivity contribution in [2.75, 3.05) is 29.0 Å². The zero-order valence-electron chi connectivity index (χ0n) is 15.3. The molecule has 0 bridgehead atoms. The Balaban J connectivity index is 1.71. The fraction of sp³-hybridized carbons (Fsp3) is 0.381. The van der Waals surface area contributed by atoms with Crippen LogP contribution in [0.15, 0.2) is 42.5 Å². The van der Waals surface area contributed by atoms with Crippen molar-refractivity contribution in [2.24, 2.45) is 0 Å². The number of amides is 1. The number of anilines is 3. The molecular weight excluding hydrogens is 310 g/mol. The van der Waals surface area contributed by atoms with Crippen LogP contribution in [-0.4, -0.2) is 19.0 Å². The number of nitrogen functional groups attached to an aromatic ring is 1. The number of nitrogens with one attached hydrogen (secondary N) is 1. The topological polar surface area (TPSA) is 58.4 Å². The van der Waals surface area contributed by atoms with E-state index in [9.17, 15) is 4.79 Å². The van der Waals surface area contributed by atoms with Gasteiger partial charge in [0.15, 0.2) is 0 Å². The molecule has 1 heterocycles. The molecule has 2 aromatic rings. The number of nitrogens with two attached hydrogens (primary N) is 1. The average molecular weight is 337 g/mol. The minimum Gasteiger partial charge on any atom is -0.397 e. The quantitative estimate of drug-likeness (QED) is 0.815. The van der Waals surface area contributed by atoms with Crippen molar-refractivity contribution in [1.82, 2.24) is 0 Å². The van der Waals surface area contributed by atoms with E-state index in [2.05, 4.69) is 31.0 Å². The second-order valence-electron chi connectivity index (χ2n) is 7.75. The Bertz CT molecular complexity index is 754. The molecule has 0 spiro atoms. The number of benzene rings is 2. The largest absolute Gasteiger partial charge is 0.397 e. The number of carbonyl (C=O) groups excluding carboxylic acids is 1. The molecular formula is C21H27N3O. The van der Waals surface area contributed by atoms with E-state index >= 15 is 0 Å². The summed E-state index contributed by atoms with van der Waals surface area (Å²) in [5, 5.41) is 2.94. The van der Waals surface area contributed by atoms with E-state index in [0.29, 0.717) is 11.3 Å². The molecule has 3 N–H and O–H groups in total. The Labute approximate surface area is 150 Å². The standard InChI is InChI=1S/C21H27N3O/c1-21(2,3)16-8-6-15(7-9-16)20(25)23-17-10-11-19(18(22)14-17)24-12-4-5-13-24/h6-11,14H,4-5,12-13,22H2,1-3H3,(H,23,25). The van der Waals surface area contributed by atoms with Crippen LogP contribution in [-0.2, 0) is 5.41 Å². The molecule has 0 radical (unpaired) electrons. The van der Waals surface area contributed by atoms with Gasteiger partial charge in [-0.15, -0.1) is 0 Å². The lowest BCUT2D eigenvalue weighted by atomic mass is 9.87. The highest BCUT2D eigenvalue weighted by molar-refractivity contribution is 6.04. The third-order valence-corrected chi connectivity index (χ3v) is 4.75. The number of hydrogen-bond donors (Lipinski definition) is 2. The highest BCUT2D eigenvalue weighted by Gasteiger charge is 2.16.